The van der Waals surface area contributed by atoms with Gasteiger partial charge in [-0.2, -0.15) is 0 Å². The van der Waals surface area contributed by atoms with E-state index < -0.39 is 6.29 Å². The van der Waals surface area contributed by atoms with E-state index in [-0.39, 0.29) is 1.43 Å². The Morgan fingerprint density at radius 1 is 1.19 bits per heavy atom. The molecule has 1 aliphatic heterocycles. The average Bonchev–Trinajstić information content (AvgIpc) is 3.44. The average molecular weight is 439 g/mol. The van der Waals surface area contributed by atoms with Gasteiger partial charge in [0.1, 0.15) is 6.29 Å². The van der Waals surface area contributed by atoms with Crippen LogP contribution >= 0.6 is 0 Å². The van der Waals surface area contributed by atoms with Gasteiger partial charge in [-0.3, -0.25) is 4.40 Å². The fourth-order valence-corrected chi connectivity index (χ4v) is 4.35. The van der Waals surface area contributed by atoms with Crippen LogP contribution in [0.25, 0.3) is 27.9 Å². The van der Waals surface area contributed by atoms with Gasteiger partial charge in [-0.05, 0) is 46.3 Å². The van der Waals surface area contributed by atoms with E-state index in [0.29, 0.717) is 5.92 Å². The number of nitrogens with one attached hydrogen (secondary N) is 1. The molecule has 4 aromatic rings. The topological polar surface area (TPSA) is 92.9 Å². The molecule has 1 unspecified atom stereocenters. The van der Waals surface area contributed by atoms with Crippen LogP contribution in [0.3, 0.4) is 0 Å². The van der Waals surface area contributed by atoms with Crippen molar-refractivity contribution in [2.24, 2.45) is 5.92 Å². The van der Waals surface area contributed by atoms with E-state index in [0.717, 1.165) is 53.5 Å². The highest BCUT2D eigenvalue weighted by molar-refractivity contribution is 5.86. The molecule has 8 heteroatoms. The first-order valence-corrected chi connectivity index (χ1v) is 11.0. The molecule has 4 heterocycles. The fraction of sp³-hybridized carbons (Fsp3) is 0.417. The lowest BCUT2D eigenvalue weighted by molar-refractivity contribution is -0.0228. The summed E-state index contributed by atoms with van der Waals surface area (Å²) in [6.45, 7) is 6.59. The van der Waals surface area contributed by atoms with Crippen molar-refractivity contribution in [2.45, 2.75) is 26.6 Å². The van der Waals surface area contributed by atoms with Crippen LogP contribution in [0.5, 0.6) is 0 Å². The van der Waals surface area contributed by atoms with Crippen LogP contribution in [0.2, 0.25) is 0 Å². The molecular formula is C24H34N6O2. The second-order valence-electron chi connectivity index (χ2n) is 8.81. The Morgan fingerprint density at radius 3 is 2.59 bits per heavy atom. The number of hydrogen-bond donors (Lipinski definition) is 3. The van der Waals surface area contributed by atoms with Crippen LogP contribution in [0.4, 0.5) is 5.95 Å². The maximum Gasteiger partial charge on any atom is 0.211 e. The number of hydrogen-bond acceptors (Lipinski definition) is 6. The van der Waals surface area contributed by atoms with Gasteiger partial charge in [0.2, 0.25) is 5.95 Å². The molecule has 1 atom stereocenters. The number of aliphatic hydroxyl groups is 2. The zero-order valence-electron chi connectivity index (χ0n) is 19.2. The van der Waals surface area contributed by atoms with Gasteiger partial charge >= 0.3 is 0 Å². The molecule has 1 fully saturated rings. The first-order chi connectivity index (χ1) is 15.3. The summed E-state index contributed by atoms with van der Waals surface area (Å²) in [5.41, 5.74) is 6.42. The Bertz CT molecular complexity index is 1180. The predicted molar refractivity (Wildman–Crippen MR) is 130 cm³/mol. The van der Waals surface area contributed by atoms with Gasteiger partial charge in [0.25, 0.3) is 0 Å². The van der Waals surface area contributed by atoms with Gasteiger partial charge < -0.3 is 25.0 Å². The van der Waals surface area contributed by atoms with Crippen molar-refractivity contribution >= 4 is 22.6 Å². The molecule has 1 aliphatic rings. The number of H-pyrrole nitrogens is 1. The van der Waals surface area contributed by atoms with Crippen LogP contribution in [0.1, 0.15) is 20.3 Å². The lowest BCUT2D eigenvalue weighted by atomic mass is 10.1. The van der Waals surface area contributed by atoms with Gasteiger partial charge in [-0.25, -0.2) is 9.97 Å². The number of aryl methyl sites for hydroxylation is 1. The summed E-state index contributed by atoms with van der Waals surface area (Å²) in [4.78, 5) is 17.7. The Kier molecular flexibility index (Phi) is 6.45. The summed E-state index contributed by atoms with van der Waals surface area (Å²) < 4.78 is 2.27. The molecule has 0 radical (unpaired) electrons. The zero-order chi connectivity index (χ0) is 22.8. The summed E-state index contributed by atoms with van der Waals surface area (Å²) >= 11 is 0. The van der Waals surface area contributed by atoms with Gasteiger partial charge in [0, 0.05) is 32.8 Å². The first-order valence-electron chi connectivity index (χ1n) is 11.0. The number of aromatic amines is 1. The van der Waals surface area contributed by atoms with Gasteiger partial charge in [0.15, 0.2) is 5.65 Å². The van der Waals surface area contributed by atoms with Crippen molar-refractivity contribution in [3.63, 3.8) is 0 Å². The smallest absolute Gasteiger partial charge is 0.211 e. The van der Waals surface area contributed by atoms with E-state index >= 15 is 0 Å². The fourth-order valence-electron chi connectivity index (χ4n) is 4.35. The highest BCUT2D eigenvalue weighted by Crippen LogP contribution is 2.33. The van der Waals surface area contributed by atoms with E-state index in [1.54, 1.807) is 0 Å². The van der Waals surface area contributed by atoms with E-state index in [2.05, 4.69) is 75.5 Å². The molecule has 0 aliphatic carbocycles. The monoisotopic (exact) mass is 438 g/mol. The van der Waals surface area contributed by atoms with Gasteiger partial charge in [-0.1, -0.05) is 29.8 Å². The zero-order valence-corrected chi connectivity index (χ0v) is 19.2. The minimum absolute atomic E-state index is 0. The van der Waals surface area contributed by atoms with Crippen molar-refractivity contribution in [3.05, 3.63) is 48.3 Å². The molecular weight excluding hydrogens is 404 g/mol. The minimum Gasteiger partial charge on any atom is -0.368 e. The molecule has 8 nitrogen and oxygen atoms in total. The molecule has 3 N–H and O–H groups in total. The number of anilines is 1. The predicted octanol–water partition coefficient (Wildman–Crippen LogP) is 3.14. The van der Waals surface area contributed by atoms with Gasteiger partial charge in [0.05, 0.1) is 22.9 Å². The second-order valence-corrected chi connectivity index (χ2v) is 8.81. The second kappa shape index (κ2) is 9.28. The molecule has 1 saturated heterocycles. The van der Waals surface area contributed by atoms with Crippen LogP contribution < -0.4 is 4.90 Å². The maximum absolute atomic E-state index is 7.61. The summed E-state index contributed by atoms with van der Waals surface area (Å²) in [5, 5.41) is 15.2. The minimum atomic E-state index is -1.17. The van der Waals surface area contributed by atoms with E-state index in [1.807, 2.05) is 12.4 Å². The number of benzene rings is 1. The number of nitrogens with zero attached hydrogens (tertiary/aromatic N) is 5. The third-order valence-corrected chi connectivity index (χ3v) is 5.67. The third-order valence-electron chi connectivity index (χ3n) is 5.67. The van der Waals surface area contributed by atoms with Crippen molar-refractivity contribution in [1.29, 1.82) is 0 Å². The number of aliphatic hydroxyl groups excluding tert-OH is 1. The Balaban J connectivity index is 0.000000569. The number of imidazole rings is 1. The quantitative estimate of drug-likeness (QED) is 0.424. The summed E-state index contributed by atoms with van der Waals surface area (Å²) in [7, 11) is 4.30. The normalized spacial score (nSPS) is 16.4. The van der Waals surface area contributed by atoms with E-state index in [4.69, 9.17) is 15.2 Å². The number of fused-ring (bicyclic) bond motifs is 3. The lowest BCUT2D eigenvalue weighted by Gasteiger charge is -2.19. The first kappa shape index (κ1) is 22.3. The highest BCUT2D eigenvalue weighted by Gasteiger charge is 2.28. The van der Waals surface area contributed by atoms with E-state index in [1.165, 1.54) is 18.9 Å². The van der Waals surface area contributed by atoms with Gasteiger partial charge in [-0.15, -0.1) is 0 Å². The van der Waals surface area contributed by atoms with Crippen LogP contribution in [0.15, 0.2) is 42.7 Å². The molecule has 172 valence electrons. The Labute approximate surface area is 189 Å². The molecule has 32 heavy (non-hydrogen) atoms. The standard InChI is InChI=1S/C22H26N6.C2H6O2.H2/c1-15-4-6-17(7-5-15)20-19-12-24-21-18(8-10-23-21)28(19)22(25-20)27-11-9-16(14-27)13-26(2)3;1-2(3)4;/h4-8,10,12,16,23H,9,11,13-14H2,1-3H3;2-4H,1H3;1H. The summed E-state index contributed by atoms with van der Waals surface area (Å²) in [6.07, 6.45) is 3.93. The summed E-state index contributed by atoms with van der Waals surface area (Å²) in [5.74, 6) is 1.70. The maximum atomic E-state index is 7.61. The lowest BCUT2D eigenvalue weighted by Crippen LogP contribution is -2.26. The SMILES string of the molecule is CC(O)O.Cc1ccc(-c2nc(N3CCC(CN(C)C)C3)n3c2cnc2[nH]ccc23)cc1.[HH]. The molecule has 5 rings (SSSR count). The number of aromatic nitrogens is 4. The van der Waals surface area contributed by atoms with Crippen molar-refractivity contribution in [1.82, 2.24) is 24.3 Å². The molecule has 3 aromatic heterocycles. The van der Waals surface area contributed by atoms with Crippen LogP contribution in [-0.4, -0.2) is 74.5 Å². The summed E-state index contributed by atoms with van der Waals surface area (Å²) in [6, 6.07) is 10.7. The highest BCUT2D eigenvalue weighted by atomic mass is 16.5. The molecule has 0 spiro atoms. The molecule has 1 aromatic carbocycles. The Hall–Kier alpha value is -2.94. The number of rotatable bonds is 4. The van der Waals surface area contributed by atoms with Crippen molar-refractivity contribution in [3.8, 4) is 11.3 Å². The third kappa shape index (κ3) is 4.62. The van der Waals surface area contributed by atoms with Crippen molar-refractivity contribution < 1.29 is 11.6 Å². The van der Waals surface area contributed by atoms with Crippen LogP contribution in [0, 0.1) is 12.8 Å². The van der Waals surface area contributed by atoms with E-state index in [9.17, 15) is 0 Å². The molecule has 0 bridgehead atoms. The Morgan fingerprint density at radius 2 is 1.91 bits per heavy atom. The largest absolute Gasteiger partial charge is 0.368 e. The molecule has 0 amide bonds. The molecule has 0 saturated carbocycles. The van der Waals surface area contributed by atoms with Crippen LogP contribution in [-0.2, 0) is 0 Å². The van der Waals surface area contributed by atoms with Crippen molar-refractivity contribution in [2.75, 3.05) is 38.6 Å².